The first-order chi connectivity index (χ1) is 20.4. The number of halogens is 2. The van der Waals surface area contributed by atoms with Crippen molar-refractivity contribution in [2.75, 3.05) is 37.3 Å². The van der Waals surface area contributed by atoms with E-state index in [2.05, 4.69) is 26.3 Å². The lowest BCUT2D eigenvalue weighted by Crippen LogP contribution is -2.54. The maximum absolute atomic E-state index is 15.9. The molecule has 0 unspecified atom stereocenters. The SMILES string of the molecule is C=CC(=O)N1CCN(c2nc(=O)n(-c3c(C)ccnc3S(=O)(=O)NC)c3nc(-c4c(N)cccc4F)c(F)cc23)[C@@H](C)C1. The molecule has 0 bridgehead atoms. The number of fused-ring (bicyclic) bond motifs is 1. The van der Waals surface area contributed by atoms with Crippen LogP contribution in [0.25, 0.3) is 28.0 Å². The summed E-state index contributed by atoms with van der Waals surface area (Å²) in [6.07, 6.45) is 2.47. The highest BCUT2D eigenvalue weighted by Gasteiger charge is 2.32. The van der Waals surface area contributed by atoms with Gasteiger partial charge in [0.2, 0.25) is 5.91 Å². The molecular weight excluding hydrogens is 582 g/mol. The first kappa shape index (κ1) is 29.7. The molecule has 0 spiro atoms. The molecule has 0 aliphatic carbocycles. The number of rotatable bonds is 6. The number of benzene rings is 1. The minimum Gasteiger partial charge on any atom is -0.398 e. The van der Waals surface area contributed by atoms with Crippen molar-refractivity contribution < 1.29 is 22.0 Å². The number of nitrogen functional groups attached to an aromatic ring is 1. The molecule has 0 radical (unpaired) electrons. The van der Waals surface area contributed by atoms with Crippen LogP contribution in [0.15, 0.2) is 59.0 Å². The maximum Gasteiger partial charge on any atom is 0.355 e. The van der Waals surface area contributed by atoms with Crippen LogP contribution < -0.4 is 21.0 Å². The van der Waals surface area contributed by atoms with Crippen molar-refractivity contribution in [3.8, 4) is 16.9 Å². The Morgan fingerprint density at radius 3 is 2.58 bits per heavy atom. The Morgan fingerprint density at radius 2 is 1.93 bits per heavy atom. The normalized spacial score (nSPS) is 15.6. The topological polar surface area (TPSA) is 156 Å². The molecule has 224 valence electrons. The molecule has 1 fully saturated rings. The van der Waals surface area contributed by atoms with E-state index in [4.69, 9.17) is 5.73 Å². The van der Waals surface area contributed by atoms with Crippen molar-refractivity contribution >= 4 is 38.5 Å². The van der Waals surface area contributed by atoms with Crippen molar-refractivity contribution in [2.24, 2.45) is 0 Å². The van der Waals surface area contributed by atoms with Crippen LogP contribution >= 0.6 is 0 Å². The average Bonchev–Trinajstić information content (AvgIpc) is 2.97. The van der Waals surface area contributed by atoms with E-state index in [1.54, 1.807) is 16.7 Å². The monoisotopic (exact) mass is 610 g/mol. The van der Waals surface area contributed by atoms with Crippen molar-refractivity contribution in [3.05, 3.63) is 76.9 Å². The molecule has 12 nitrogen and oxygen atoms in total. The predicted molar refractivity (Wildman–Crippen MR) is 157 cm³/mol. The Hall–Kier alpha value is -4.76. The quantitative estimate of drug-likeness (QED) is 0.247. The van der Waals surface area contributed by atoms with E-state index in [1.807, 2.05) is 6.92 Å². The summed E-state index contributed by atoms with van der Waals surface area (Å²) in [5, 5.41) is -0.446. The van der Waals surface area contributed by atoms with Crippen LogP contribution in [0, 0.1) is 18.6 Å². The van der Waals surface area contributed by atoms with E-state index in [-0.39, 0.29) is 65.4 Å². The molecule has 3 N–H and O–H groups in total. The van der Waals surface area contributed by atoms with Gasteiger partial charge in [0.25, 0.3) is 10.0 Å². The highest BCUT2D eigenvalue weighted by molar-refractivity contribution is 7.89. The number of nitrogens with one attached hydrogen (secondary N) is 1. The number of carbonyl (C=O) groups excluding carboxylic acids is 1. The zero-order valence-corrected chi connectivity index (χ0v) is 24.3. The molecule has 5 rings (SSSR count). The van der Waals surface area contributed by atoms with Crippen molar-refractivity contribution in [1.29, 1.82) is 0 Å². The summed E-state index contributed by atoms with van der Waals surface area (Å²) in [5.74, 6) is -1.99. The fourth-order valence-corrected chi connectivity index (χ4v) is 6.08. The van der Waals surface area contributed by atoms with Crippen molar-refractivity contribution in [1.82, 2.24) is 29.1 Å². The molecule has 43 heavy (non-hydrogen) atoms. The number of piperazine rings is 1. The lowest BCUT2D eigenvalue weighted by molar-refractivity contribution is -0.126. The van der Waals surface area contributed by atoms with Gasteiger partial charge in [0.05, 0.1) is 16.6 Å². The molecule has 1 saturated heterocycles. The molecule has 15 heteroatoms. The first-order valence-corrected chi connectivity index (χ1v) is 14.6. The molecular formula is C28H28F2N8O4S. The third-order valence-electron chi connectivity index (χ3n) is 7.31. The van der Waals surface area contributed by atoms with E-state index >= 15 is 4.39 Å². The Morgan fingerprint density at radius 1 is 1.19 bits per heavy atom. The van der Waals surface area contributed by atoms with E-state index in [1.165, 1.54) is 37.5 Å². The predicted octanol–water partition coefficient (Wildman–Crippen LogP) is 2.14. The Balaban J connectivity index is 1.87. The lowest BCUT2D eigenvalue weighted by atomic mass is 10.1. The van der Waals surface area contributed by atoms with Gasteiger partial charge in [-0.15, -0.1) is 0 Å². The van der Waals surface area contributed by atoms with Gasteiger partial charge < -0.3 is 15.5 Å². The van der Waals surface area contributed by atoms with Gasteiger partial charge in [0.1, 0.15) is 17.3 Å². The van der Waals surface area contributed by atoms with Gasteiger partial charge in [-0.2, -0.15) is 4.98 Å². The van der Waals surface area contributed by atoms with Crippen molar-refractivity contribution in [2.45, 2.75) is 24.9 Å². The minimum absolute atomic E-state index is 0.0437. The van der Waals surface area contributed by atoms with Crippen LogP contribution in [0.5, 0.6) is 0 Å². The second-order valence-electron chi connectivity index (χ2n) is 9.97. The summed E-state index contributed by atoms with van der Waals surface area (Å²) in [6.45, 7) is 7.67. The zero-order chi connectivity index (χ0) is 31.2. The van der Waals surface area contributed by atoms with E-state index < -0.39 is 38.1 Å². The summed E-state index contributed by atoms with van der Waals surface area (Å²) in [6, 6.07) is 6.02. The van der Waals surface area contributed by atoms with Crippen LogP contribution in [0.4, 0.5) is 20.3 Å². The van der Waals surface area contributed by atoms with E-state index in [0.717, 1.165) is 16.7 Å². The number of sulfonamides is 1. The number of carbonyl (C=O) groups is 1. The van der Waals surface area contributed by atoms with Crippen LogP contribution in [-0.4, -0.2) is 71.5 Å². The van der Waals surface area contributed by atoms with Crippen LogP contribution in [-0.2, 0) is 14.8 Å². The Labute approximate surface area is 245 Å². The number of hydrogen-bond acceptors (Lipinski definition) is 9. The molecule has 4 heterocycles. The molecule has 1 atom stereocenters. The number of pyridine rings is 2. The maximum atomic E-state index is 15.9. The number of amides is 1. The highest BCUT2D eigenvalue weighted by Crippen LogP contribution is 2.35. The molecule has 4 aromatic rings. The minimum atomic E-state index is -4.21. The van der Waals surface area contributed by atoms with Gasteiger partial charge in [-0.1, -0.05) is 12.6 Å². The van der Waals surface area contributed by atoms with Gasteiger partial charge in [0, 0.05) is 37.6 Å². The van der Waals surface area contributed by atoms with E-state index in [9.17, 15) is 22.4 Å². The fourth-order valence-electron chi connectivity index (χ4n) is 5.18. The average molecular weight is 611 g/mol. The molecule has 1 amide bonds. The zero-order valence-electron chi connectivity index (χ0n) is 23.5. The number of hydrogen-bond donors (Lipinski definition) is 2. The van der Waals surface area contributed by atoms with Gasteiger partial charge in [-0.25, -0.2) is 41.3 Å². The smallest absolute Gasteiger partial charge is 0.355 e. The summed E-state index contributed by atoms with van der Waals surface area (Å²) >= 11 is 0. The number of aryl methyl sites for hydroxylation is 1. The molecule has 1 aliphatic rings. The van der Waals surface area contributed by atoms with Gasteiger partial charge in [0.15, 0.2) is 16.5 Å². The second kappa shape index (κ2) is 11.1. The summed E-state index contributed by atoms with van der Waals surface area (Å²) in [5.41, 5.74) is 4.13. The van der Waals surface area contributed by atoms with Gasteiger partial charge in [-0.3, -0.25) is 4.79 Å². The molecule has 0 saturated carbocycles. The first-order valence-electron chi connectivity index (χ1n) is 13.1. The van der Waals surface area contributed by atoms with Gasteiger partial charge >= 0.3 is 5.69 Å². The summed E-state index contributed by atoms with van der Waals surface area (Å²) in [7, 11) is -3.02. The summed E-state index contributed by atoms with van der Waals surface area (Å²) in [4.78, 5) is 42.1. The van der Waals surface area contributed by atoms with Crippen molar-refractivity contribution in [3.63, 3.8) is 0 Å². The third-order valence-corrected chi connectivity index (χ3v) is 8.65. The number of nitrogens with two attached hydrogens (primary N) is 1. The molecule has 1 aromatic carbocycles. The second-order valence-corrected chi connectivity index (χ2v) is 11.8. The summed E-state index contributed by atoms with van der Waals surface area (Å²) < 4.78 is 59.9. The molecule has 1 aliphatic heterocycles. The Kier molecular flexibility index (Phi) is 7.70. The van der Waals surface area contributed by atoms with Gasteiger partial charge in [-0.05, 0) is 56.8 Å². The standard InChI is InChI=1S/C28H28F2N8O4S/c1-5-21(39)36-11-12-37(16(3)14-36)25-17-13-19(30)23(22-18(29)7-6-8-20(22)31)34-26(17)38(28(40)35-25)24-15(2)9-10-33-27(24)43(41,42)32-4/h5-10,13,16,32H,1,11-12,14,31H2,2-4H3/t16-/m0/s1. The molecule has 3 aromatic heterocycles. The lowest BCUT2D eigenvalue weighted by Gasteiger charge is -2.40. The number of anilines is 2. The number of nitrogens with zero attached hydrogens (tertiary/aromatic N) is 6. The van der Waals surface area contributed by atoms with Crippen LogP contribution in [0.2, 0.25) is 0 Å². The van der Waals surface area contributed by atoms with E-state index in [0.29, 0.717) is 5.56 Å². The largest absolute Gasteiger partial charge is 0.398 e. The van der Waals surface area contributed by atoms with Crippen LogP contribution in [0.3, 0.4) is 0 Å². The third kappa shape index (κ3) is 5.10. The fraction of sp³-hybridized carbons (Fsp3) is 0.250. The Bertz CT molecular complexity index is 1940. The number of aromatic nitrogens is 4. The highest BCUT2D eigenvalue weighted by atomic mass is 32.2. The van der Waals surface area contributed by atoms with Crippen LogP contribution in [0.1, 0.15) is 12.5 Å².